The van der Waals surface area contributed by atoms with Crippen molar-refractivity contribution in [2.24, 2.45) is 0 Å². The van der Waals surface area contributed by atoms with Crippen molar-refractivity contribution in [3.8, 4) is 0 Å². The van der Waals surface area contributed by atoms with Gasteiger partial charge in [-0.2, -0.15) is 0 Å². The molecular formula is C11H11N5O3S. The molecule has 8 nitrogen and oxygen atoms in total. The summed E-state index contributed by atoms with van der Waals surface area (Å²) < 4.78 is 0. The van der Waals surface area contributed by atoms with Crippen LogP contribution in [-0.2, 0) is 6.61 Å². The molecule has 1 aromatic heterocycles. The fourth-order valence-electron chi connectivity index (χ4n) is 1.50. The van der Waals surface area contributed by atoms with E-state index in [4.69, 9.17) is 16.6 Å². The summed E-state index contributed by atoms with van der Waals surface area (Å²) in [4.78, 5) is 18.7. The average Bonchev–Trinajstić information content (AvgIpc) is 2.37. The molecule has 20 heavy (non-hydrogen) atoms. The lowest BCUT2D eigenvalue weighted by atomic mass is 10.2. The van der Waals surface area contributed by atoms with Gasteiger partial charge in [-0.25, -0.2) is 9.97 Å². The Bertz CT molecular complexity index is 644. The number of anilines is 2. The van der Waals surface area contributed by atoms with E-state index in [1.165, 1.54) is 18.2 Å². The number of aromatic nitrogens is 2. The standard InChI is InChI=1S/C11H11N5O3S/c12-9-4-10(13)15-11(14-9)20-8-2-1-6(5-17)3-7(8)16(18)19/h1-4,17H,5H2,(H4,12,13,14,15). The molecule has 5 N–H and O–H groups in total. The first-order chi connectivity index (χ1) is 9.49. The van der Waals surface area contributed by atoms with Gasteiger partial charge in [0.2, 0.25) is 0 Å². The van der Waals surface area contributed by atoms with Crippen LogP contribution in [0, 0.1) is 10.1 Å². The zero-order chi connectivity index (χ0) is 14.7. The van der Waals surface area contributed by atoms with E-state index in [9.17, 15) is 10.1 Å². The summed E-state index contributed by atoms with van der Waals surface area (Å²) in [6.07, 6.45) is 0. The van der Waals surface area contributed by atoms with E-state index in [0.717, 1.165) is 11.8 Å². The highest BCUT2D eigenvalue weighted by molar-refractivity contribution is 7.99. The molecule has 0 radical (unpaired) electrons. The molecule has 0 saturated carbocycles. The first-order valence-electron chi connectivity index (χ1n) is 5.45. The first kappa shape index (κ1) is 14.0. The minimum Gasteiger partial charge on any atom is -0.392 e. The van der Waals surface area contributed by atoms with Crippen LogP contribution < -0.4 is 11.5 Å². The van der Waals surface area contributed by atoms with E-state index in [1.807, 2.05) is 0 Å². The van der Waals surface area contributed by atoms with E-state index in [1.54, 1.807) is 6.07 Å². The van der Waals surface area contributed by atoms with Crippen LogP contribution in [0.5, 0.6) is 0 Å². The van der Waals surface area contributed by atoms with Gasteiger partial charge in [-0.1, -0.05) is 6.07 Å². The Kier molecular flexibility index (Phi) is 4.01. The molecule has 0 aliphatic carbocycles. The molecule has 0 bridgehead atoms. The topological polar surface area (TPSA) is 141 Å². The van der Waals surface area contributed by atoms with Gasteiger partial charge in [0, 0.05) is 12.1 Å². The predicted molar refractivity (Wildman–Crippen MR) is 74.0 cm³/mol. The number of nitro groups is 1. The number of aliphatic hydroxyl groups excluding tert-OH is 1. The minimum absolute atomic E-state index is 0.133. The third kappa shape index (κ3) is 3.13. The van der Waals surface area contributed by atoms with Crippen molar-refractivity contribution in [2.75, 3.05) is 11.5 Å². The van der Waals surface area contributed by atoms with E-state index in [-0.39, 0.29) is 29.1 Å². The highest BCUT2D eigenvalue weighted by Crippen LogP contribution is 2.34. The number of aliphatic hydroxyl groups is 1. The lowest BCUT2D eigenvalue weighted by molar-refractivity contribution is -0.387. The van der Waals surface area contributed by atoms with Crippen LogP contribution in [0.25, 0.3) is 0 Å². The van der Waals surface area contributed by atoms with Crippen LogP contribution in [0.15, 0.2) is 34.3 Å². The molecule has 0 atom stereocenters. The molecule has 1 heterocycles. The zero-order valence-electron chi connectivity index (χ0n) is 10.2. The molecule has 0 aliphatic rings. The summed E-state index contributed by atoms with van der Waals surface area (Å²) in [5, 5.41) is 20.3. The monoisotopic (exact) mass is 293 g/mol. The molecular weight excluding hydrogens is 282 g/mol. The highest BCUT2D eigenvalue weighted by atomic mass is 32.2. The Hall–Kier alpha value is -2.39. The first-order valence-corrected chi connectivity index (χ1v) is 6.27. The van der Waals surface area contributed by atoms with Crippen LogP contribution in [-0.4, -0.2) is 20.0 Å². The molecule has 0 saturated heterocycles. The third-order valence-electron chi connectivity index (χ3n) is 2.35. The molecule has 104 valence electrons. The molecule has 0 unspecified atom stereocenters. The Labute approximate surface area is 118 Å². The molecule has 0 spiro atoms. The molecule has 1 aromatic carbocycles. The smallest absolute Gasteiger partial charge is 0.283 e. The van der Waals surface area contributed by atoms with Gasteiger partial charge in [0.25, 0.3) is 5.69 Å². The van der Waals surface area contributed by atoms with Gasteiger partial charge in [-0.3, -0.25) is 10.1 Å². The van der Waals surface area contributed by atoms with Crippen molar-refractivity contribution in [1.82, 2.24) is 9.97 Å². The van der Waals surface area contributed by atoms with Gasteiger partial charge in [0.05, 0.1) is 16.4 Å². The highest BCUT2D eigenvalue weighted by Gasteiger charge is 2.17. The summed E-state index contributed by atoms with van der Waals surface area (Å²) in [6, 6.07) is 5.81. The van der Waals surface area contributed by atoms with Crippen LogP contribution >= 0.6 is 11.8 Å². The molecule has 2 rings (SSSR count). The quantitative estimate of drug-likeness (QED) is 0.433. The fourth-order valence-corrected chi connectivity index (χ4v) is 2.37. The number of nitrogens with two attached hydrogens (primary N) is 2. The second-order valence-corrected chi connectivity index (χ2v) is 4.83. The van der Waals surface area contributed by atoms with E-state index in [0.29, 0.717) is 10.5 Å². The fraction of sp³-hybridized carbons (Fsp3) is 0.0909. The average molecular weight is 293 g/mol. The van der Waals surface area contributed by atoms with Crippen molar-refractivity contribution in [3.05, 3.63) is 39.9 Å². The van der Waals surface area contributed by atoms with Crippen molar-refractivity contribution < 1.29 is 10.0 Å². The number of rotatable bonds is 4. The van der Waals surface area contributed by atoms with Crippen molar-refractivity contribution >= 4 is 29.1 Å². The van der Waals surface area contributed by atoms with Crippen molar-refractivity contribution in [3.63, 3.8) is 0 Å². The predicted octanol–water partition coefficient (Wildman–Crippen LogP) is 1.19. The number of hydrogen-bond acceptors (Lipinski definition) is 8. The zero-order valence-corrected chi connectivity index (χ0v) is 11.0. The summed E-state index contributed by atoms with van der Waals surface area (Å²) in [5.74, 6) is 0.379. The second kappa shape index (κ2) is 5.72. The van der Waals surface area contributed by atoms with Gasteiger partial charge in [0.15, 0.2) is 5.16 Å². The molecule has 0 aliphatic heterocycles. The second-order valence-electron chi connectivity index (χ2n) is 3.82. The molecule has 0 fully saturated rings. The van der Waals surface area contributed by atoms with Crippen LogP contribution in [0.4, 0.5) is 17.3 Å². The number of nitro benzene ring substituents is 1. The Morgan fingerprint density at radius 3 is 2.45 bits per heavy atom. The lowest BCUT2D eigenvalue weighted by Crippen LogP contribution is -2.00. The summed E-state index contributed by atoms with van der Waals surface area (Å²) in [7, 11) is 0. The van der Waals surface area contributed by atoms with Gasteiger partial charge in [-0.05, 0) is 23.4 Å². The Morgan fingerprint density at radius 1 is 1.25 bits per heavy atom. The SMILES string of the molecule is Nc1cc(N)nc(Sc2ccc(CO)cc2[N+](=O)[O-])n1. The minimum atomic E-state index is -0.531. The Balaban J connectivity index is 2.39. The van der Waals surface area contributed by atoms with Crippen LogP contribution in [0.2, 0.25) is 0 Å². The summed E-state index contributed by atoms with van der Waals surface area (Å²) >= 11 is 0.985. The van der Waals surface area contributed by atoms with Crippen LogP contribution in [0.1, 0.15) is 5.56 Å². The van der Waals surface area contributed by atoms with E-state index >= 15 is 0 Å². The van der Waals surface area contributed by atoms with E-state index < -0.39 is 4.92 Å². The van der Waals surface area contributed by atoms with Crippen molar-refractivity contribution in [1.29, 1.82) is 0 Å². The van der Waals surface area contributed by atoms with Gasteiger partial charge in [-0.15, -0.1) is 0 Å². The molecule has 9 heteroatoms. The summed E-state index contributed by atoms with van der Waals surface area (Å²) in [6.45, 7) is -0.270. The Morgan fingerprint density at radius 2 is 1.90 bits per heavy atom. The van der Waals surface area contributed by atoms with Gasteiger partial charge < -0.3 is 16.6 Å². The summed E-state index contributed by atoms with van der Waals surface area (Å²) in [5.41, 5.74) is 11.4. The lowest BCUT2D eigenvalue weighted by Gasteiger charge is -2.05. The maximum Gasteiger partial charge on any atom is 0.283 e. The maximum absolute atomic E-state index is 11.0. The van der Waals surface area contributed by atoms with E-state index in [2.05, 4.69) is 9.97 Å². The van der Waals surface area contributed by atoms with Gasteiger partial charge in [0.1, 0.15) is 11.6 Å². The van der Waals surface area contributed by atoms with Crippen LogP contribution in [0.3, 0.4) is 0 Å². The molecule has 0 amide bonds. The largest absolute Gasteiger partial charge is 0.392 e. The number of nitrogens with zero attached hydrogens (tertiary/aromatic N) is 3. The van der Waals surface area contributed by atoms with Crippen molar-refractivity contribution in [2.45, 2.75) is 16.7 Å². The third-order valence-corrected chi connectivity index (χ3v) is 3.28. The van der Waals surface area contributed by atoms with Gasteiger partial charge >= 0.3 is 0 Å². The number of nitrogen functional groups attached to an aromatic ring is 2. The normalized spacial score (nSPS) is 10.4. The maximum atomic E-state index is 11.0. The molecule has 2 aromatic rings. The number of hydrogen-bond donors (Lipinski definition) is 3. The number of benzene rings is 1.